The molecule has 0 saturated heterocycles. The number of allylic oxidation sites excluding steroid dienone is 5. The zero-order valence-corrected chi connectivity index (χ0v) is 16.7. The lowest BCUT2D eigenvalue weighted by Crippen LogP contribution is -2.43. The predicted molar refractivity (Wildman–Crippen MR) is 103 cm³/mol. The van der Waals surface area contributed by atoms with E-state index in [0.29, 0.717) is 0 Å². The van der Waals surface area contributed by atoms with Gasteiger partial charge in [-0.25, -0.2) is 0 Å². The van der Waals surface area contributed by atoms with Crippen molar-refractivity contribution in [2.24, 2.45) is 16.7 Å². The van der Waals surface area contributed by atoms with Crippen LogP contribution in [0.3, 0.4) is 0 Å². The quantitative estimate of drug-likeness (QED) is 0.346. The summed E-state index contributed by atoms with van der Waals surface area (Å²) in [6.45, 7) is 18.2. The molecule has 2 aliphatic rings. The maximum Gasteiger partial charge on any atom is 0.302 e. The van der Waals surface area contributed by atoms with Crippen molar-refractivity contribution in [2.45, 2.75) is 80.3 Å². The minimum absolute atomic E-state index is 0.128. The first-order valence-electron chi connectivity index (χ1n) is 9.12. The second-order valence-corrected chi connectivity index (χ2v) is 8.57. The van der Waals surface area contributed by atoms with Gasteiger partial charge in [-0.15, -0.1) is 0 Å². The van der Waals surface area contributed by atoms with Gasteiger partial charge in [-0.2, -0.15) is 0 Å². The molecule has 0 spiro atoms. The summed E-state index contributed by atoms with van der Waals surface area (Å²) in [7, 11) is 0. The summed E-state index contributed by atoms with van der Waals surface area (Å²) in [6, 6.07) is 0. The molecule has 3 atom stereocenters. The first-order chi connectivity index (χ1) is 11.0. The van der Waals surface area contributed by atoms with Crippen molar-refractivity contribution in [2.75, 3.05) is 0 Å². The SMILES string of the molecule is C=CC(C)=CCC=C(C)C.CC(=O)OC1C2(C)CCC(C2)C1(C)C. The van der Waals surface area contributed by atoms with Crippen LogP contribution in [0.1, 0.15) is 74.1 Å². The fraction of sp³-hybridized carbons (Fsp3) is 0.682. The third kappa shape index (κ3) is 5.09. The van der Waals surface area contributed by atoms with E-state index < -0.39 is 0 Å². The lowest BCUT2D eigenvalue weighted by Gasteiger charge is -2.41. The van der Waals surface area contributed by atoms with Crippen LogP contribution in [0.2, 0.25) is 0 Å². The minimum Gasteiger partial charge on any atom is -0.461 e. The van der Waals surface area contributed by atoms with Crippen molar-refractivity contribution in [1.82, 2.24) is 0 Å². The van der Waals surface area contributed by atoms with Crippen LogP contribution in [0.4, 0.5) is 0 Å². The van der Waals surface area contributed by atoms with E-state index in [1.54, 1.807) is 0 Å². The molecule has 0 aromatic rings. The molecule has 3 unspecified atom stereocenters. The van der Waals surface area contributed by atoms with E-state index >= 15 is 0 Å². The maximum atomic E-state index is 11.1. The van der Waals surface area contributed by atoms with Crippen LogP contribution in [-0.4, -0.2) is 12.1 Å². The molecule has 0 aromatic carbocycles. The molecule has 0 radical (unpaired) electrons. The van der Waals surface area contributed by atoms with Gasteiger partial charge in [0.2, 0.25) is 0 Å². The number of rotatable bonds is 4. The van der Waals surface area contributed by atoms with Crippen molar-refractivity contribution >= 4 is 5.97 Å². The number of esters is 1. The van der Waals surface area contributed by atoms with Gasteiger partial charge in [-0.05, 0) is 52.4 Å². The van der Waals surface area contributed by atoms with E-state index in [2.05, 4.69) is 60.3 Å². The molecule has 0 N–H and O–H groups in total. The predicted octanol–water partition coefficient (Wildman–Crippen LogP) is 6.24. The molecule has 2 bridgehead atoms. The van der Waals surface area contributed by atoms with Gasteiger partial charge in [-0.1, -0.05) is 56.7 Å². The van der Waals surface area contributed by atoms with Gasteiger partial charge < -0.3 is 4.74 Å². The van der Waals surface area contributed by atoms with E-state index in [9.17, 15) is 4.79 Å². The highest BCUT2D eigenvalue weighted by Gasteiger charge is 2.61. The fourth-order valence-electron chi connectivity index (χ4n) is 4.28. The van der Waals surface area contributed by atoms with Crippen LogP contribution in [-0.2, 0) is 9.53 Å². The number of fused-ring (bicyclic) bond motifs is 2. The minimum atomic E-state index is -0.128. The lowest BCUT2D eigenvalue weighted by molar-refractivity contribution is -0.161. The topological polar surface area (TPSA) is 26.3 Å². The summed E-state index contributed by atoms with van der Waals surface area (Å²) in [6.07, 6.45) is 11.2. The first-order valence-corrected chi connectivity index (χ1v) is 9.12. The van der Waals surface area contributed by atoms with Crippen LogP contribution in [0, 0.1) is 16.7 Å². The smallest absolute Gasteiger partial charge is 0.302 e. The highest BCUT2D eigenvalue weighted by atomic mass is 16.5. The van der Waals surface area contributed by atoms with Gasteiger partial charge in [0.15, 0.2) is 0 Å². The molecule has 0 aromatic heterocycles. The summed E-state index contributed by atoms with van der Waals surface area (Å²) >= 11 is 0. The van der Waals surface area contributed by atoms with E-state index in [1.807, 2.05) is 6.08 Å². The monoisotopic (exact) mass is 332 g/mol. The number of hydrogen-bond donors (Lipinski definition) is 0. The first kappa shape index (κ1) is 20.7. The Hall–Kier alpha value is -1.31. The number of ether oxygens (including phenoxy) is 1. The van der Waals surface area contributed by atoms with Crippen LogP contribution in [0.5, 0.6) is 0 Å². The Balaban J connectivity index is 0.000000257. The van der Waals surface area contributed by atoms with Crippen molar-refractivity contribution < 1.29 is 9.53 Å². The largest absolute Gasteiger partial charge is 0.461 e. The Morgan fingerprint density at radius 2 is 1.79 bits per heavy atom. The summed E-state index contributed by atoms with van der Waals surface area (Å²) in [4.78, 5) is 11.1. The molecule has 136 valence electrons. The molecule has 0 heterocycles. The van der Waals surface area contributed by atoms with Gasteiger partial charge in [0, 0.05) is 17.8 Å². The van der Waals surface area contributed by atoms with Crippen LogP contribution >= 0.6 is 0 Å². The molecule has 2 fully saturated rings. The molecule has 0 aliphatic heterocycles. The number of carbonyl (C=O) groups excluding carboxylic acids is 1. The summed E-state index contributed by atoms with van der Waals surface area (Å²) in [5, 5.41) is 0. The Bertz CT molecular complexity index is 515. The fourth-order valence-corrected chi connectivity index (χ4v) is 4.28. The lowest BCUT2D eigenvalue weighted by atomic mass is 9.70. The molecular formula is C22H36O2. The highest BCUT2D eigenvalue weighted by molar-refractivity contribution is 5.66. The van der Waals surface area contributed by atoms with E-state index in [-0.39, 0.29) is 22.9 Å². The van der Waals surface area contributed by atoms with E-state index in [4.69, 9.17) is 4.74 Å². The Morgan fingerprint density at radius 1 is 1.17 bits per heavy atom. The van der Waals surface area contributed by atoms with Crippen molar-refractivity contribution in [1.29, 1.82) is 0 Å². The van der Waals surface area contributed by atoms with Crippen LogP contribution in [0.15, 0.2) is 36.0 Å². The molecule has 2 heteroatoms. The molecule has 0 amide bonds. The third-order valence-electron chi connectivity index (χ3n) is 5.71. The van der Waals surface area contributed by atoms with Crippen LogP contribution in [0.25, 0.3) is 0 Å². The standard InChI is InChI=1S/C12H20O2.C10H16/c1-8(13)14-10-11(2,3)9-5-6-12(10,4)7-9;1-5-10(4)8-6-7-9(2)3/h9-10H,5-7H2,1-4H3;5,7-8H,1,6H2,2-4H3. The van der Waals surface area contributed by atoms with Gasteiger partial charge in [-0.3, -0.25) is 4.79 Å². The van der Waals surface area contributed by atoms with Crippen molar-refractivity contribution in [3.8, 4) is 0 Å². The molecular weight excluding hydrogens is 296 g/mol. The molecule has 2 nitrogen and oxygen atoms in total. The Morgan fingerprint density at radius 3 is 2.21 bits per heavy atom. The second-order valence-electron chi connectivity index (χ2n) is 8.57. The molecule has 24 heavy (non-hydrogen) atoms. The molecule has 2 aliphatic carbocycles. The van der Waals surface area contributed by atoms with Crippen molar-refractivity contribution in [3.63, 3.8) is 0 Å². The summed E-state index contributed by atoms with van der Waals surface area (Å²) in [5.41, 5.74) is 3.05. The van der Waals surface area contributed by atoms with Gasteiger partial charge in [0.25, 0.3) is 0 Å². The second kappa shape index (κ2) is 8.18. The molecule has 2 saturated carbocycles. The third-order valence-corrected chi connectivity index (χ3v) is 5.71. The zero-order chi connectivity index (χ0) is 18.5. The average molecular weight is 333 g/mol. The zero-order valence-electron chi connectivity index (χ0n) is 16.7. The van der Waals surface area contributed by atoms with E-state index in [1.165, 1.54) is 37.3 Å². The summed E-state index contributed by atoms with van der Waals surface area (Å²) < 4.78 is 5.52. The van der Waals surface area contributed by atoms with E-state index in [0.717, 1.165) is 12.3 Å². The maximum absolute atomic E-state index is 11.1. The van der Waals surface area contributed by atoms with Gasteiger partial charge >= 0.3 is 5.97 Å². The van der Waals surface area contributed by atoms with Gasteiger partial charge in [0.1, 0.15) is 6.10 Å². The highest BCUT2D eigenvalue weighted by Crippen LogP contribution is 2.63. The number of hydrogen-bond acceptors (Lipinski definition) is 2. The van der Waals surface area contributed by atoms with Crippen LogP contribution < -0.4 is 0 Å². The number of carbonyl (C=O) groups is 1. The normalized spacial score (nSPS) is 30.2. The van der Waals surface area contributed by atoms with Crippen molar-refractivity contribution in [3.05, 3.63) is 36.0 Å². The Labute approximate surface area is 149 Å². The van der Waals surface area contributed by atoms with Gasteiger partial charge in [0.05, 0.1) is 0 Å². The molecule has 2 rings (SSSR count). The average Bonchev–Trinajstić information content (AvgIpc) is 2.95. The Kier molecular flexibility index (Phi) is 7.07. The summed E-state index contributed by atoms with van der Waals surface area (Å²) in [5.74, 6) is 0.619.